The number of nitrogens with two attached hydrogens (primary N) is 1. The third-order valence-electron chi connectivity index (χ3n) is 2.97. The zero-order valence-electron chi connectivity index (χ0n) is 10.0. The highest BCUT2D eigenvalue weighted by atomic mass is 14.5. The fraction of sp³-hybridized carbons (Fsp3) is 0.200. The zero-order valence-corrected chi connectivity index (χ0v) is 10.0. The lowest BCUT2D eigenvalue weighted by molar-refractivity contribution is 1.38. The number of rotatable bonds is 1. The molecule has 0 aliphatic rings. The number of anilines is 1. The molecule has 2 N–H and O–H groups in total. The van der Waals surface area contributed by atoms with Crippen molar-refractivity contribution < 1.29 is 0 Å². The molecule has 0 aliphatic carbocycles. The van der Waals surface area contributed by atoms with Crippen LogP contribution < -0.4 is 5.73 Å². The highest BCUT2D eigenvalue weighted by molar-refractivity contribution is 5.71. The van der Waals surface area contributed by atoms with E-state index in [-0.39, 0.29) is 0 Å². The molecule has 0 bridgehead atoms. The minimum absolute atomic E-state index is 0.856. The van der Waals surface area contributed by atoms with E-state index in [0.717, 1.165) is 11.3 Å². The average molecular weight is 211 g/mol. The van der Waals surface area contributed by atoms with Gasteiger partial charge in [0.25, 0.3) is 0 Å². The van der Waals surface area contributed by atoms with E-state index >= 15 is 0 Å². The molecule has 2 aromatic rings. The quantitative estimate of drug-likeness (QED) is 0.712. The second-order valence-corrected chi connectivity index (χ2v) is 4.39. The van der Waals surface area contributed by atoms with E-state index < -0.39 is 0 Å². The van der Waals surface area contributed by atoms with Gasteiger partial charge in [-0.3, -0.25) is 0 Å². The van der Waals surface area contributed by atoms with Crippen LogP contribution in [0.2, 0.25) is 0 Å². The Morgan fingerprint density at radius 3 is 2.25 bits per heavy atom. The fourth-order valence-electron chi connectivity index (χ4n) is 1.89. The summed E-state index contributed by atoms with van der Waals surface area (Å²) in [7, 11) is 0. The Hall–Kier alpha value is -1.76. The minimum atomic E-state index is 0.856. The molecule has 0 saturated heterocycles. The first-order valence-corrected chi connectivity index (χ1v) is 5.51. The summed E-state index contributed by atoms with van der Waals surface area (Å²) in [6.07, 6.45) is 0. The van der Waals surface area contributed by atoms with Gasteiger partial charge in [0.2, 0.25) is 0 Å². The number of nitrogen functional groups attached to an aromatic ring is 1. The first-order chi connectivity index (χ1) is 7.58. The fourth-order valence-corrected chi connectivity index (χ4v) is 1.89. The molecule has 2 rings (SSSR count). The molecular formula is C15H17N. The van der Waals surface area contributed by atoms with Crippen molar-refractivity contribution in [3.8, 4) is 11.1 Å². The maximum absolute atomic E-state index is 5.83. The second-order valence-electron chi connectivity index (χ2n) is 4.39. The standard InChI is InChI=1S/C15H17N/c1-10-4-5-11(2)14(8-10)13-6-7-15(16)12(3)9-13/h4-9H,16H2,1-3H3. The van der Waals surface area contributed by atoms with Crippen LogP contribution in [-0.2, 0) is 0 Å². The monoisotopic (exact) mass is 211 g/mol. The van der Waals surface area contributed by atoms with Crippen LogP contribution in [0.4, 0.5) is 5.69 Å². The molecule has 0 aromatic heterocycles. The van der Waals surface area contributed by atoms with Gasteiger partial charge in [-0.2, -0.15) is 0 Å². The van der Waals surface area contributed by atoms with Crippen LogP contribution in [0.25, 0.3) is 11.1 Å². The number of benzene rings is 2. The van der Waals surface area contributed by atoms with Gasteiger partial charge in [0.1, 0.15) is 0 Å². The van der Waals surface area contributed by atoms with E-state index in [4.69, 9.17) is 5.73 Å². The van der Waals surface area contributed by atoms with Crippen LogP contribution in [0.3, 0.4) is 0 Å². The normalized spacial score (nSPS) is 10.4. The zero-order chi connectivity index (χ0) is 11.7. The van der Waals surface area contributed by atoms with Gasteiger partial charge in [-0.15, -0.1) is 0 Å². The SMILES string of the molecule is Cc1ccc(C)c(-c2ccc(N)c(C)c2)c1. The lowest BCUT2D eigenvalue weighted by Gasteiger charge is -2.09. The Bertz CT molecular complexity index is 527. The Labute approximate surface area is 96.9 Å². The Morgan fingerprint density at radius 2 is 1.56 bits per heavy atom. The lowest BCUT2D eigenvalue weighted by atomic mass is 9.97. The van der Waals surface area contributed by atoms with Crippen LogP contribution in [0, 0.1) is 20.8 Å². The summed E-state index contributed by atoms with van der Waals surface area (Å²) >= 11 is 0. The molecule has 82 valence electrons. The van der Waals surface area contributed by atoms with Gasteiger partial charge >= 0.3 is 0 Å². The van der Waals surface area contributed by atoms with Crippen molar-refractivity contribution in [2.45, 2.75) is 20.8 Å². The summed E-state index contributed by atoms with van der Waals surface area (Å²) in [6.45, 7) is 6.30. The van der Waals surface area contributed by atoms with Crippen molar-refractivity contribution in [2.75, 3.05) is 5.73 Å². The molecular weight excluding hydrogens is 194 g/mol. The molecule has 0 spiro atoms. The topological polar surface area (TPSA) is 26.0 Å². The third-order valence-corrected chi connectivity index (χ3v) is 2.97. The van der Waals surface area contributed by atoms with E-state index in [1.54, 1.807) is 0 Å². The molecule has 0 unspecified atom stereocenters. The van der Waals surface area contributed by atoms with E-state index in [2.05, 4.69) is 44.2 Å². The average Bonchev–Trinajstić information content (AvgIpc) is 2.26. The molecule has 0 aliphatic heterocycles. The van der Waals surface area contributed by atoms with Gasteiger partial charge in [-0.05, 0) is 55.2 Å². The van der Waals surface area contributed by atoms with Crippen molar-refractivity contribution in [3.05, 3.63) is 53.1 Å². The van der Waals surface area contributed by atoms with Crippen LogP contribution in [-0.4, -0.2) is 0 Å². The highest BCUT2D eigenvalue weighted by Crippen LogP contribution is 2.27. The molecule has 0 amide bonds. The van der Waals surface area contributed by atoms with Crippen molar-refractivity contribution in [2.24, 2.45) is 0 Å². The second kappa shape index (κ2) is 4.01. The summed E-state index contributed by atoms with van der Waals surface area (Å²) in [4.78, 5) is 0. The first kappa shape index (κ1) is 10.7. The highest BCUT2D eigenvalue weighted by Gasteiger charge is 2.03. The molecule has 0 saturated carbocycles. The van der Waals surface area contributed by atoms with Crippen molar-refractivity contribution in [3.63, 3.8) is 0 Å². The largest absolute Gasteiger partial charge is 0.399 e. The lowest BCUT2D eigenvalue weighted by Crippen LogP contribution is -1.91. The summed E-state index contributed by atoms with van der Waals surface area (Å²) in [5.41, 5.74) is 13.0. The van der Waals surface area contributed by atoms with Gasteiger partial charge in [0, 0.05) is 5.69 Å². The van der Waals surface area contributed by atoms with Crippen molar-refractivity contribution in [1.29, 1.82) is 0 Å². The number of aryl methyl sites for hydroxylation is 3. The molecule has 2 aromatic carbocycles. The van der Waals surface area contributed by atoms with Gasteiger partial charge in [-0.25, -0.2) is 0 Å². The van der Waals surface area contributed by atoms with E-state index in [1.165, 1.54) is 22.3 Å². The van der Waals surface area contributed by atoms with Crippen molar-refractivity contribution >= 4 is 5.69 Å². The summed E-state index contributed by atoms with van der Waals surface area (Å²) in [5.74, 6) is 0. The van der Waals surface area contributed by atoms with Gasteiger partial charge in [-0.1, -0.05) is 29.8 Å². The van der Waals surface area contributed by atoms with Crippen LogP contribution in [0.5, 0.6) is 0 Å². The van der Waals surface area contributed by atoms with Gasteiger partial charge in [0.05, 0.1) is 0 Å². The minimum Gasteiger partial charge on any atom is -0.399 e. The summed E-state index contributed by atoms with van der Waals surface area (Å²) in [6, 6.07) is 12.7. The smallest absolute Gasteiger partial charge is 0.0344 e. The van der Waals surface area contributed by atoms with E-state index in [1.807, 2.05) is 13.0 Å². The molecule has 0 radical (unpaired) electrons. The number of hydrogen-bond donors (Lipinski definition) is 1. The summed E-state index contributed by atoms with van der Waals surface area (Å²) < 4.78 is 0. The Balaban J connectivity index is 2.58. The molecule has 0 atom stereocenters. The molecule has 0 fully saturated rings. The Morgan fingerprint density at radius 1 is 0.812 bits per heavy atom. The van der Waals surface area contributed by atoms with Gasteiger partial charge < -0.3 is 5.73 Å². The maximum atomic E-state index is 5.83. The first-order valence-electron chi connectivity index (χ1n) is 5.51. The van der Waals surface area contributed by atoms with Crippen LogP contribution in [0.15, 0.2) is 36.4 Å². The molecule has 1 nitrogen and oxygen atoms in total. The van der Waals surface area contributed by atoms with E-state index in [9.17, 15) is 0 Å². The van der Waals surface area contributed by atoms with Crippen LogP contribution >= 0.6 is 0 Å². The maximum Gasteiger partial charge on any atom is 0.0344 e. The molecule has 1 heteroatoms. The van der Waals surface area contributed by atoms with Gasteiger partial charge in [0.15, 0.2) is 0 Å². The van der Waals surface area contributed by atoms with E-state index in [0.29, 0.717) is 0 Å². The Kier molecular flexibility index (Phi) is 2.69. The number of hydrogen-bond acceptors (Lipinski definition) is 1. The predicted octanol–water partition coefficient (Wildman–Crippen LogP) is 3.86. The third kappa shape index (κ3) is 1.94. The van der Waals surface area contributed by atoms with Crippen LogP contribution in [0.1, 0.15) is 16.7 Å². The molecule has 0 heterocycles. The molecule has 16 heavy (non-hydrogen) atoms. The predicted molar refractivity (Wildman–Crippen MR) is 70.5 cm³/mol. The van der Waals surface area contributed by atoms with Crippen molar-refractivity contribution in [1.82, 2.24) is 0 Å². The summed E-state index contributed by atoms with van der Waals surface area (Å²) in [5, 5.41) is 0.